The number of nitrogens with one attached hydrogen (secondary N) is 1. The van der Waals surface area contributed by atoms with Gasteiger partial charge in [0.1, 0.15) is 0 Å². The third-order valence-corrected chi connectivity index (χ3v) is 5.40. The number of rotatable bonds is 3. The molecule has 6 nitrogen and oxygen atoms in total. The lowest BCUT2D eigenvalue weighted by Gasteiger charge is -2.09. The third-order valence-electron chi connectivity index (χ3n) is 3.00. The van der Waals surface area contributed by atoms with Crippen LogP contribution in [0.15, 0.2) is 27.6 Å². The molecule has 1 aromatic heterocycles. The van der Waals surface area contributed by atoms with E-state index in [1.165, 1.54) is 4.68 Å². The van der Waals surface area contributed by atoms with Crippen molar-refractivity contribution in [3.8, 4) is 0 Å². The van der Waals surface area contributed by atoms with Crippen molar-refractivity contribution < 1.29 is 8.42 Å². The van der Waals surface area contributed by atoms with Gasteiger partial charge in [0, 0.05) is 17.2 Å². The van der Waals surface area contributed by atoms with Crippen LogP contribution in [0.25, 0.3) is 0 Å². The molecule has 0 saturated heterocycles. The molecular weight excluding hydrogens is 344 g/mol. The Bertz CT molecular complexity index is 768. The topological polar surface area (TPSA) is 90.0 Å². The maximum absolute atomic E-state index is 12.4. The van der Waals surface area contributed by atoms with E-state index in [1.54, 1.807) is 26.1 Å². The first-order valence-electron chi connectivity index (χ1n) is 5.80. The smallest absolute Gasteiger partial charge is 0.267 e. The molecule has 0 spiro atoms. The molecule has 108 valence electrons. The molecule has 0 fully saturated rings. The van der Waals surface area contributed by atoms with Gasteiger partial charge in [0.15, 0.2) is 10.7 Å². The fourth-order valence-electron chi connectivity index (χ4n) is 1.81. The van der Waals surface area contributed by atoms with Crippen LogP contribution in [0.3, 0.4) is 0 Å². The van der Waals surface area contributed by atoms with Crippen molar-refractivity contribution >= 4 is 37.5 Å². The van der Waals surface area contributed by atoms with Gasteiger partial charge in [-0.1, -0.05) is 22.0 Å². The first-order valence-corrected chi connectivity index (χ1v) is 8.08. The van der Waals surface area contributed by atoms with E-state index in [1.807, 2.05) is 13.0 Å². The first-order chi connectivity index (χ1) is 9.22. The van der Waals surface area contributed by atoms with Crippen LogP contribution >= 0.6 is 15.9 Å². The fourth-order valence-corrected chi connectivity index (χ4v) is 3.56. The summed E-state index contributed by atoms with van der Waals surface area (Å²) in [6.45, 7) is 3.58. The molecule has 3 N–H and O–H groups in total. The van der Waals surface area contributed by atoms with Gasteiger partial charge in [-0.3, -0.25) is 9.40 Å². The van der Waals surface area contributed by atoms with E-state index in [9.17, 15) is 8.42 Å². The lowest BCUT2D eigenvalue weighted by atomic mass is 10.2. The summed E-state index contributed by atoms with van der Waals surface area (Å²) < 4.78 is 29.6. The second-order valence-electron chi connectivity index (χ2n) is 4.49. The first kappa shape index (κ1) is 14.9. The molecule has 0 aliphatic rings. The summed E-state index contributed by atoms with van der Waals surface area (Å²) in [5.41, 5.74) is 7.64. The molecular formula is C12H15BrN4O2S. The molecule has 0 saturated carbocycles. The van der Waals surface area contributed by atoms with Crippen molar-refractivity contribution in [2.45, 2.75) is 18.7 Å². The van der Waals surface area contributed by atoms with E-state index in [4.69, 9.17) is 5.73 Å². The zero-order valence-electron chi connectivity index (χ0n) is 11.3. The van der Waals surface area contributed by atoms with Gasteiger partial charge in [-0.2, -0.15) is 5.10 Å². The van der Waals surface area contributed by atoms with E-state index in [-0.39, 0.29) is 10.7 Å². The minimum absolute atomic E-state index is 0.0105. The maximum Gasteiger partial charge on any atom is 0.267 e. The van der Waals surface area contributed by atoms with Crippen LogP contribution in [0.5, 0.6) is 0 Å². The van der Waals surface area contributed by atoms with E-state index in [0.29, 0.717) is 11.4 Å². The number of hydrogen-bond acceptors (Lipinski definition) is 4. The normalized spacial score (nSPS) is 11.6. The standard InChI is InChI=1S/C12H15BrN4O2S/c1-7-4-5-9(6-10(7)13)16-20(18,19)11-8(2)17(3)15-12(11)14/h4-6,16H,1-3H3,(H2,14,15). The number of aromatic nitrogens is 2. The second-order valence-corrected chi connectivity index (χ2v) is 6.97. The van der Waals surface area contributed by atoms with Crippen molar-refractivity contribution in [1.29, 1.82) is 0 Å². The van der Waals surface area contributed by atoms with Crippen LogP contribution in [0.4, 0.5) is 11.5 Å². The van der Waals surface area contributed by atoms with Crippen LogP contribution < -0.4 is 10.5 Å². The Balaban J connectivity index is 2.43. The highest BCUT2D eigenvalue weighted by Crippen LogP contribution is 2.26. The van der Waals surface area contributed by atoms with E-state index < -0.39 is 10.0 Å². The molecule has 2 aromatic rings. The van der Waals surface area contributed by atoms with Gasteiger partial charge in [0.2, 0.25) is 0 Å². The van der Waals surface area contributed by atoms with Crippen LogP contribution in [0.2, 0.25) is 0 Å². The minimum atomic E-state index is -3.76. The third kappa shape index (κ3) is 2.66. The zero-order chi connectivity index (χ0) is 15.1. The SMILES string of the molecule is Cc1ccc(NS(=O)(=O)c2c(N)nn(C)c2C)cc1Br. The minimum Gasteiger partial charge on any atom is -0.381 e. The molecule has 1 aromatic carbocycles. The van der Waals surface area contributed by atoms with E-state index in [0.717, 1.165) is 10.0 Å². The predicted octanol–water partition coefficient (Wildman–Crippen LogP) is 2.18. The number of anilines is 2. The number of nitrogen functional groups attached to an aromatic ring is 1. The molecule has 0 amide bonds. The van der Waals surface area contributed by atoms with Gasteiger partial charge in [-0.15, -0.1) is 0 Å². The molecule has 0 unspecified atom stereocenters. The Hall–Kier alpha value is -1.54. The molecule has 0 bridgehead atoms. The average molecular weight is 359 g/mol. The second kappa shape index (κ2) is 5.10. The summed E-state index contributed by atoms with van der Waals surface area (Å²) in [5.74, 6) is -0.0105. The van der Waals surface area contributed by atoms with Crippen molar-refractivity contribution in [2.75, 3.05) is 10.5 Å². The Labute approximate surface area is 126 Å². The lowest BCUT2D eigenvalue weighted by molar-refractivity contribution is 0.600. The predicted molar refractivity (Wildman–Crippen MR) is 82.0 cm³/mol. The number of nitrogens with zero attached hydrogens (tertiary/aromatic N) is 2. The molecule has 0 aliphatic carbocycles. The van der Waals surface area contributed by atoms with Crippen LogP contribution in [-0.4, -0.2) is 18.2 Å². The molecule has 2 rings (SSSR count). The molecule has 0 radical (unpaired) electrons. The van der Waals surface area contributed by atoms with Crippen molar-refractivity contribution in [1.82, 2.24) is 9.78 Å². The van der Waals surface area contributed by atoms with Gasteiger partial charge in [0.05, 0.1) is 5.69 Å². The Kier molecular flexibility index (Phi) is 3.79. The molecule has 20 heavy (non-hydrogen) atoms. The highest BCUT2D eigenvalue weighted by atomic mass is 79.9. The maximum atomic E-state index is 12.4. The highest BCUT2D eigenvalue weighted by molar-refractivity contribution is 9.10. The number of sulfonamides is 1. The number of aryl methyl sites for hydroxylation is 2. The Morgan fingerprint density at radius 2 is 2.00 bits per heavy atom. The monoisotopic (exact) mass is 358 g/mol. The zero-order valence-corrected chi connectivity index (χ0v) is 13.7. The summed E-state index contributed by atoms with van der Waals surface area (Å²) in [6.07, 6.45) is 0. The van der Waals surface area contributed by atoms with Gasteiger partial charge < -0.3 is 5.73 Å². The summed E-state index contributed by atoms with van der Waals surface area (Å²) in [5, 5.41) is 3.92. The number of hydrogen-bond donors (Lipinski definition) is 2. The molecule has 8 heteroatoms. The van der Waals surface area contributed by atoms with Crippen LogP contribution in [-0.2, 0) is 17.1 Å². The summed E-state index contributed by atoms with van der Waals surface area (Å²) in [6, 6.07) is 5.22. The van der Waals surface area contributed by atoms with E-state index >= 15 is 0 Å². The quantitative estimate of drug-likeness (QED) is 0.879. The summed E-state index contributed by atoms with van der Waals surface area (Å²) >= 11 is 3.37. The molecule has 0 aliphatic heterocycles. The Morgan fingerprint density at radius 3 is 2.50 bits per heavy atom. The summed E-state index contributed by atoms with van der Waals surface area (Å²) in [7, 11) is -2.12. The van der Waals surface area contributed by atoms with Crippen molar-refractivity contribution in [3.05, 3.63) is 33.9 Å². The lowest BCUT2D eigenvalue weighted by Crippen LogP contribution is -2.15. The highest BCUT2D eigenvalue weighted by Gasteiger charge is 2.24. The van der Waals surface area contributed by atoms with Crippen LogP contribution in [0, 0.1) is 13.8 Å². The van der Waals surface area contributed by atoms with Crippen molar-refractivity contribution in [3.63, 3.8) is 0 Å². The van der Waals surface area contributed by atoms with Gasteiger partial charge in [-0.05, 0) is 31.5 Å². The number of benzene rings is 1. The van der Waals surface area contributed by atoms with Crippen LogP contribution in [0.1, 0.15) is 11.3 Å². The van der Waals surface area contributed by atoms with Crippen molar-refractivity contribution in [2.24, 2.45) is 7.05 Å². The van der Waals surface area contributed by atoms with Gasteiger partial charge in [-0.25, -0.2) is 8.42 Å². The molecule has 1 heterocycles. The fraction of sp³-hybridized carbons (Fsp3) is 0.250. The van der Waals surface area contributed by atoms with E-state index in [2.05, 4.69) is 25.8 Å². The number of nitrogens with two attached hydrogens (primary N) is 1. The molecule has 0 atom stereocenters. The van der Waals surface area contributed by atoms with Gasteiger partial charge in [0.25, 0.3) is 10.0 Å². The van der Waals surface area contributed by atoms with Gasteiger partial charge >= 0.3 is 0 Å². The Morgan fingerprint density at radius 1 is 1.35 bits per heavy atom. The summed E-state index contributed by atoms with van der Waals surface area (Å²) in [4.78, 5) is 0.0108. The average Bonchev–Trinajstić information content (AvgIpc) is 2.58. The number of halogens is 1. The largest absolute Gasteiger partial charge is 0.381 e.